The number of rotatable bonds is 6. The SMILES string of the molecule is CN(C)CCn1ccc(NC(=O)NCC2(O)CCCCCC2)n1. The number of hydrogen-bond acceptors (Lipinski definition) is 4. The van der Waals surface area contributed by atoms with E-state index in [1.807, 2.05) is 20.3 Å². The number of urea groups is 1. The van der Waals surface area contributed by atoms with Crippen molar-refractivity contribution in [2.24, 2.45) is 0 Å². The molecule has 0 aliphatic heterocycles. The minimum absolute atomic E-state index is 0.292. The standard InChI is InChI=1S/C16H29N5O2/c1-20(2)11-12-21-10-7-14(19-21)18-15(22)17-13-16(23)8-5-3-4-6-9-16/h7,10,23H,3-6,8-9,11-13H2,1-2H3,(H2,17,18,19,22). The normalized spacial score (nSPS) is 17.7. The molecule has 1 aliphatic carbocycles. The van der Waals surface area contributed by atoms with Gasteiger partial charge >= 0.3 is 6.03 Å². The van der Waals surface area contributed by atoms with Gasteiger partial charge in [-0.15, -0.1) is 0 Å². The van der Waals surface area contributed by atoms with Crippen LogP contribution in [0.25, 0.3) is 0 Å². The largest absolute Gasteiger partial charge is 0.388 e. The molecule has 0 aromatic carbocycles. The molecule has 0 radical (unpaired) electrons. The summed E-state index contributed by atoms with van der Waals surface area (Å²) in [7, 11) is 4.02. The molecule has 7 heteroatoms. The highest BCUT2D eigenvalue weighted by molar-refractivity contribution is 5.88. The zero-order valence-corrected chi connectivity index (χ0v) is 14.2. The lowest BCUT2D eigenvalue weighted by atomic mass is 9.95. The first-order valence-corrected chi connectivity index (χ1v) is 8.42. The van der Waals surface area contributed by atoms with Crippen molar-refractivity contribution in [2.75, 3.05) is 32.5 Å². The second kappa shape index (κ2) is 8.31. The summed E-state index contributed by atoms with van der Waals surface area (Å²) in [6, 6.07) is 1.45. The fourth-order valence-electron chi connectivity index (χ4n) is 2.82. The van der Waals surface area contributed by atoms with Crippen LogP contribution in [0, 0.1) is 0 Å². The van der Waals surface area contributed by atoms with E-state index < -0.39 is 5.60 Å². The molecule has 0 bridgehead atoms. The second-order valence-electron chi connectivity index (χ2n) is 6.71. The van der Waals surface area contributed by atoms with Crippen molar-refractivity contribution in [3.8, 4) is 0 Å². The third kappa shape index (κ3) is 6.19. The van der Waals surface area contributed by atoms with Gasteiger partial charge in [0.1, 0.15) is 0 Å². The molecule has 2 amide bonds. The van der Waals surface area contributed by atoms with Crippen molar-refractivity contribution in [3.05, 3.63) is 12.3 Å². The molecule has 2 rings (SSSR count). The van der Waals surface area contributed by atoms with E-state index in [0.717, 1.165) is 38.8 Å². The lowest BCUT2D eigenvalue weighted by molar-refractivity contribution is 0.0281. The first-order valence-electron chi connectivity index (χ1n) is 8.42. The van der Waals surface area contributed by atoms with Gasteiger partial charge in [0.05, 0.1) is 12.1 Å². The number of amides is 2. The molecule has 1 aromatic heterocycles. The van der Waals surface area contributed by atoms with Gasteiger partial charge in [0.2, 0.25) is 0 Å². The van der Waals surface area contributed by atoms with Crippen molar-refractivity contribution in [1.29, 1.82) is 0 Å². The van der Waals surface area contributed by atoms with Crippen LogP contribution in [0.4, 0.5) is 10.6 Å². The topological polar surface area (TPSA) is 82.4 Å². The van der Waals surface area contributed by atoms with E-state index in [4.69, 9.17) is 0 Å². The monoisotopic (exact) mass is 323 g/mol. The molecule has 0 atom stereocenters. The predicted octanol–water partition coefficient (Wildman–Crippen LogP) is 1.65. The smallest absolute Gasteiger partial charge is 0.320 e. The number of carbonyl (C=O) groups excluding carboxylic acids is 1. The van der Waals surface area contributed by atoms with Gasteiger partial charge in [-0.1, -0.05) is 25.7 Å². The molecular weight excluding hydrogens is 294 g/mol. The van der Waals surface area contributed by atoms with Crippen LogP contribution >= 0.6 is 0 Å². The Morgan fingerprint density at radius 3 is 2.70 bits per heavy atom. The van der Waals surface area contributed by atoms with E-state index in [1.54, 1.807) is 10.7 Å². The summed E-state index contributed by atoms with van der Waals surface area (Å²) in [6.07, 6.45) is 7.74. The van der Waals surface area contributed by atoms with Gasteiger partial charge in [-0.3, -0.25) is 10.00 Å². The van der Waals surface area contributed by atoms with Gasteiger partial charge in [0, 0.05) is 25.4 Å². The number of nitrogens with zero attached hydrogens (tertiary/aromatic N) is 3. The highest BCUT2D eigenvalue weighted by Gasteiger charge is 2.28. The predicted molar refractivity (Wildman–Crippen MR) is 90.5 cm³/mol. The molecule has 1 aliphatic rings. The number of hydrogen-bond donors (Lipinski definition) is 3. The maximum atomic E-state index is 12.0. The first-order chi connectivity index (χ1) is 11.0. The quantitative estimate of drug-likeness (QED) is 0.695. The van der Waals surface area contributed by atoms with Crippen LogP contribution in [0.3, 0.4) is 0 Å². The fraction of sp³-hybridized carbons (Fsp3) is 0.750. The van der Waals surface area contributed by atoms with Crippen LogP contribution in [0.5, 0.6) is 0 Å². The zero-order valence-electron chi connectivity index (χ0n) is 14.2. The van der Waals surface area contributed by atoms with Gasteiger partial charge in [-0.2, -0.15) is 5.10 Å². The zero-order chi connectivity index (χ0) is 16.7. The van der Waals surface area contributed by atoms with Crippen LogP contribution in [-0.2, 0) is 6.54 Å². The third-order valence-corrected chi connectivity index (χ3v) is 4.27. The highest BCUT2D eigenvalue weighted by Crippen LogP contribution is 2.26. The fourth-order valence-corrected chi connectivity index (χ4v) is 2.82. The number of aliphatic hydroxyl groups is 1. The number of aromatic nitrogens is 2. The molecule has 130 valence electrons. The van der Waals surface area contributed by atoms with Gasteiger partial charge in [0.25, 0.3) is 0 Å². The summed E-state index contributed by atoms with van der Waals surface area (Å²) in [5.41, 5.74) is -0.765. The number of anilines is 1. The maximum Gasteiger partial charge on any atom is 0.320 e. The van der Waals surface area contributed by atoms with Crippen molar-refractivity contribution in [1.82, 2.24) is 20.0 Å². The first kappa shape index (κ1) is 17.7. The highest BCUT2D eigenvalue weighted by atomic mass is 16.3. The summed E-state index contributed by atoms with van der Waals surface area (Å²) in [6.45, 7) is 1.95. The molecule has 23 heavy (non-hydrogen) atoms. The molecule has 1 heterocycles. The summed E-state index contributed by atoms with van der Waals surface area (Å²) < 4.78 is 1.80. The lowest BCUT2D eigenvalue weighted by Crippen LogP contribution is -2.44. The Kier molecular flexibility index (Phi) is 6.41. The molecular formula is C16H29N5O2. The van der Waals surface area contributed by atoms with Gasteiger partial charge in [-0.25, -0.2) is 4.79 Å². The van der Waals surface area contributed by atoms with Crippen LogP contribution in [0.2, 0.25) is 0 Å². The lowest BCUT2D eigenvalue weighted by Gasteiger charge is -2.26. The molecule has 0 saturated heterocycles. The Hall–Kier alpha value is -1.60. The van der Waals surface area contributed by atoms with E-state index in [2.05, 4.69) is 20.6 Å². The minimum atomic E-state index is -0.765. The molecule has 0 spiro atoms. The van der Waals surface area contributed by atoms with Crippen LogP contribution < -0.4 is 10.6 Å². The number of carbonyl (C=O) groups is 1. The molecule has 1 aromatic rings. The second-order valence-corrected chi connectivity index (χ2v) is 6.71. The maximum absolute atomic E-state index is 12.0. The average molecular weight is 323 g/mol. The van der Waals surface area contributed by atoms with E-state index in [0.29, 0.717) is 12.4 Å². The summed E-state index contributed by atoms with van der Waals surface area (Å²) >= 11 is 0. The Morgan fingerprint density at radius 1 is 1.35 bits per heavy atom. The van der Waals surface area contributed by atoms with E-state index in [1.165, 1.54) is 12.8 Å². The Balaban J connectivity index is 1.76. The van der Waals surface area contributed by atoms with E-state index in [-0.39, 0.29) is 6.03 Å². The van der Waals surface area contributed by atoms with E-state index >= 15 is 0 Å². The number of nitrogens with one attached hydrogen (secondary N) is 2. The van der Waals surface area contributed by atoms with Crippen molar-refractivity contribution < 1.29 is 9.90 Å². The van der Waals surface area contributed by atoms with Gasteiger partial charge in [-0.05, 0) is 26.9 Å². The molecule has 1 fully saturated rings. The Bertz CT molecular complexity index is 492. The molecule has 7 nitrogen and oxygen atoms in total. The van der Waals surface area contributed by atoms with Crippen LogP contribution in [0.15, 0.2) is 12.3 Å². The summed E-state index contributed by atoms with van der Waals surface area (Å²) in [5.74, 6) is 0.522. The third-order valence-electron chi connectivity index (χ3n) is 4.27. The average Bonchev–Trinajstić information content (AvgIpc) is 2.83. The van der Waals surface area contributed by atoms with Crippen LogP contribution in [-0.4, -0.2) is 58.6 Å². The van der Waals surface area contributed by atoms with Crippen LogP contribution in [0.1, 0.15) is 38.5 Å². The van der Waals surface area contributed by atoms with Gasteiger partial charge < -0.3 is 15.3 Å². The van der Waals surface area contributed by atoms with E-state index in [9.17, 15) is 9.90 Å². The van der Waals surface area contributed by atoms with Crippen molar-refractivity contribution in [3.63, 3.8) is 0 Å². The summed E-state index contributed by atoms with van der Waals surface area (Å²) in [4.78, 5) is 14.0. The van der Waals surface area contributed by atoms with Crippen molar-refractivity contribution >= 4 is 11.8 Å². The molecule has 1 saturated carbocycles. The molecule has 3 N–H and O–H groups in total. The Morgan fingerprint density at radius 2 is 2.04 bits per heavy atom. The minimum Gasteiger partial charge on any atom is -0.388 e. The molecule has 0 unspecified atom stereocenters. The Labute approximate surface area is 138 Å². The number of likely N-dealkylation sites (N-methyl/N-ethyl adjacent to an activating group) is 1. The van der Waals surface area contributed by atoms with Crippen molar-refractivity contribution in [2.45, 2.75) is 50.7 Å². The van der Waals surface area contributed by atoms with Gasteiger partial charge in [0.15, 0.2) is 5.82 Å². The summed E-state index contributed by atoms with van der Waals surface area (Å²) in [5, 5.41) is 20.3.